The Balaban J connectivity index is 1.98. The summed E-state index contributed by atoms with van der Waals surface area (Å²) in [6.45, 7) is 7.40. The molecule has 1 aromatic rings. The first-order chi connectivity index (χ1) is 7.63. The number of aryl methyl sites for hydroxylation is 1. The third kappa shape index (κ3) is 3.16. The zero-order chi connectivity index (χ0) is 11.5. The van der Waals surface area contributed by atoms with Gasteiger partial charge in [-0.1, -0.05) is 18.5 Å². The van der Waals surface area contributed by atoms with Gasteiger partial charge >= 0.3 is 0 Å². The van der Waals surface area contributed by atoms with Crippen molar-refractivity contribution in [2.75, 3.05) is 13.1 Å². The minimum absolute atomic E-state index is 0.549. The zero-order valence-electron chi connectivity index (χ0n) is 9.91. The van der Waals surface area contributed by atoms with Crippen LogP contribution in [0.15, 0.2) is 6.07 Å². The summed E-state index contributed by atoms with van der Waals surface area (Å²) in [5.41, 5.74) is 0.945. The Morgan fingerprint density at radius 1 is 1.38 bits per heavy atom. The highest BCUT2D eigenvalue weighted by Gasteiger charge is 2.16. The summed E-state index contributed by atoms with van der Waals surface area (Å²) in [5.74, 6) is 1.71. The maximum atomic E-state index is 5.92. The SMILES string of the molecule is Cc1cc(Cl)nc(CN2CCC(C)CC2)n1. The molecule has 16 heavy (non-hydrogen) atoms. The molecule has 1 saturated heterocycles. The second-order valence-electron chi connectivity index (χ2n) is 4.71. The average molecular weight is 240 g/mol. The van der Waals surface area contributed by atoms with Crippen molar-refractivity contribution in [1.29, 1.82) is 0 Å². The van der Waals surface area contributed by atoms with Crippen LogP contribution in [0.3, 0.4) is 0 Å². The van der Waals surface area contributed by atoms with Crippen LogP contribution in [0.5, 0.6) is 0 Å². The van der Waals surface area contributed by atoms with Crippen molar-refractivity contribution in [2.45, 2.75) is 33.2 Å². The van der Waals surface area contributed by atoms with Gasteiger partial charge in [0.25, 0.3) is 0 Å². The highest BCUT2D eigenvalue weighted by atomic mass is 35.5. The number of hydrogen-bond donors (Lipinski definition) is 0. The monoisotopic (exact) mass is 239 g/mol. The van der Waals surface area contributed by atoms with Gasteiger partial charge in [-0.25, -0.2) is 9.97 Å². The van der Waals surface area contributed by atoms with Crippen molar-refractivity contribution in [3.05, 3.63) is 22.7 Å². The lowest BCUT2D eigenvalue weighted by molar-refractivity contribution is 0.181. The van der Waals surface area contributed by atoms with E-state index in [0.717, 1.165) is 37.1 Å². The fourth-order valence-corrected chi connectivity index (χ4v) is 2.34. The third-order valence-electron chi connectivity index (χ3n) is 3.11. The molecule has 0 unspecified atom stereocenters. The molecule has 0 spiro atoms. The van der Waals surface area contributed by atoms with Gasteiger partial charge in [-0.15, -0.1) is 0 Å². The topological polar surface area (TPSA) is 29.0 Å². The van der Waals surface area contributed by atoms with E-state index in [2.05, 4.69) is 21.8 Å². The van der Waals surface area contributed by atoms with Gasteiger partial charge in [0.05, 0.1) is 6.54 Å². The molecule has 0 aliphatic carbocycles. The van der Waals surface area contributed by atoms with Gasteiger partial charge in [-0.05, 0) is 44.8 Å². The molecule has 2 heterocycles. The average Bonchev–Trinajstić information content (AvgIpc) is 2.20. The third-order valence-corrected chi connectivity index (χ3v) is 3.30. The molecule has 0 aromatic carbocycles. The van der Waals surface area contributed by atoms with Crippen molar-refractivity contribution >= 4 is 11.6 Å². The van der Waals surface area contributed by atoms with Crippen LogP contribution in [-0.4, -0.2) is 28.0 Å². The number of likely N-dealkylation sites (tertiary alicyclic amines) is 1. The lowest BCUT2D eigenvalue weighted by Gasteiger charge is -2.29. The summed E-state index contributed by atoms with van der Waals surface area (Å²) in [7, 11) is 0. The van der Waals surface area contributed by atoms with Gasteiger partial charge in [0.1, 0.15) is 11.0 Å². The van der Waals surface area contributed by atoms with Gasteiger partial charge in [0.2, 0.25) is 0 Å². The standard InChI is InChI=1S/C12H18ClN3/c1-9-3-5-16(6-4-9)8-12-14-10(2)7-11(13)15-12/h7,9H,3-6,8H2,1-2H3. The van der Waals surface area contributed by atoms with Crippen LogP contribution in [0, 0.1) is 12.8 Å². The van der Waals surface area contributed by atoms with E-state index < -0.39 is 0 Å². The van der Waals surface area contributed by atoms with E-state index in [9.17, 15) is 0 Å². The number of aromatic nitrogens is 2. The second-order valence-corrected chi connectivity index (χ2v) is 5.09. The Morgan fingerprint density at radius 2 is 2.06 bits per heavy atom. The molecule has 1 fully saturated rings. The van der Waals surface area contributed by atoms with Crippen LogP contribution < -0.4 is 0 Å². The first-order valence-corrected chi connectivity index (χ1v) is 6.23. The van der Waals surface area contributed by atoms with Crippen LogP contribution in [0.4, 0.5) is 0 Å². The van der Waals surface area contributed by atoms with E-state index >= 15 is 0 Å². The van der Waals surface area contributed by atoms with Crippen LogP contribution in [-0.2, 0) is 6.54 Å². The molecule has 3 nitrogen and oxygen atoms in total. The molecule has 0 amide bonds. The molecule has 0 N–H and O–H groups in total. The van der Waals surface area contributed by atoms with Crippen molar-refractivity contribution in [1.82, 2.24) is 14.9 Å². The molecule has 1 aliphatic heterocycles. The normalized spacial score (nSPS) is 18.9. The summed E-state index contributed by atoms with van der Waals surface area (Å²) < 4.78 is 0. The van der Waals surface area contributed by atoms with Gasteiger partial charge in [-0.3, -0.25) is 4.90 Å². The van der Waals surface area contributed by atoms with Gasteiger partial charge in [0.15, 0.2) is 0 Å². The molecule has 88 valence electrons. The molecular weight excluding hydrogens is 222 g/mol. The Morgan fingerprint density at radius 3 is 2.69 bits per heavy atom. The van der Waals surface area contributed by atoms with E-state index in [-0.39, 0.29) is 0 Å². The van der Waals surface area contributed by atoms with Gasteiger partial charge in [-0.2, -0.15) is 0 Å². The summed E-state index contributed by atoms with van der Waals surface area (Å²) in [4.78, 5) is 11.1. The Bertz CT molecular complexity index is 339. The first kappa shape index (κ1) is 11.8. The summed E-state index contributed by atoms with van der Waals surface area (Å²) in [5, 5.41) is 0.549. The number of rotatable bonds is 2. The van der Waals surface area contributed by atoms with E-state index in [1.54, 1.807) is 6.07 Å². The van der Waals surface area contributed by atoms with Crippen molar-refractivity contribution < 1.29 is 0 Å². The highest BCUT2D eigenvalue weighted by molar-refractivity contribution is 6.29. The second kappa shape index (κ2) is 5.11. The number of nitrogens with zero attached hydrogens (tertiary/aromatic N) is 3. The van der Waals surface area contributed by atoms with Crippen molar-refractivity contribution in [3.63, 3.8) is 0 Å². The number of hydrogen-bond acceptors (Lipinski definition) is 3. The van der Waals surface area contributed by atoms with Crippen LogP contribution in [0.25, 0.3) is 0 Å². The van der Waals surface area contributed by atoms with E-state index in [0.29, 0.717) is 5.15 Å². The molecule has 0 atom stereocenters. The summed E-state index contributed by atoms with van der Waals surface area (Å²) in [6.07, 6.45) is 2.55. The van der Waals surface area contributed by atoms with E-state index in [1.807, 2.05) is 6.92 Å². The Hall–Kier alpha value is -0.670. The van der Waals surface area contributed by atoms with Crippen LogP contribution in [0.2, 0.25) is 5.15 Å². The molecule has 2 rings (SSSR count). The van der Waals surface area contributed by atoms with Gasteiger partial charge < -0.3 is 0 Å². The van der Waals surface area contributed by atoms with E-state index in [1.165, 1.54) is 12.8 Å². The molecule has 0 radical (unpaired) electrons. The van der Waals surface area contributed by atoms with Crippen molar-refractivity contribution in [3.8, 4) is 0 Å². The first-order valence-electron chi connectivity index (χ1n) is 5.86. The minimum atomic E-state index is 0.549. The molecule has 1 aliphatic rings. The predicted molar refractivity (Wildman–Crippen MR) is 65.5 cm³/mol. The maximum absolute atomic E-state index is 5.92. The number of piperidine rings is 1. The molecule has 1 aromatic heterocycles. The van der Waals surface area contributed by atoms with Crippen LogP contribution >= 0.6 is 11.6 Å². The summed E-state index contributed by atoms with van der Waals surface area (Å²) in [6, 6.07) is 1.79. The van der Waals surface area contributed by atoms with Crippen LogP contribution in [0.1, 0.15) is 31.3 Å². The Labute approximate surface area is 102 Å². The zero-order valence-corrected chi connectivity index (χ0v) is 10.7. The number of halogens is 1. The molecule has 4 heteroatoms. The fourth-order valence-electron chi connectivity index (χ4n) is 2.08. The van der Waals surface area contributed by atoms with Crippen molar-refractivity contribution in [2.24, 2.45) is 5.92 Å². The van der Waals surface area contributed by atoms with E-state index in [4.69, 9.17) is 11.6 Å². The fraction of sp³-hybridized carbons (Fsp3) is 0.667. The maximum Gasteiger partial charge on any atom is 0.144 e. The highest BCUT2D eigenvalue weighted by Crippen LogP contribution is 2.17. The minimum Gasteiger partial charge on any atom is -0.296 e. The summed E-state index contributed by atoms with van der Waals surface area (Å²) >= 11 is 5.92. The largest absolute Gasteiger partial charge is 0.296 e. The molecular formula is C12H18ClN3. The smallest absolute Gasteiger partial charge is 0.144 e. The molecule has 0 bridgehead atoms. The lowest BCUT2D eigenvalue weighted by atomic mass is 9.99. The predicted octanol–water partition coefficient (Wildman–Crippen LogP) is 2.67. The quantitative estimate of drug-likeness (QED) is 0.743. The Kier molecular flexibility index (Phi) is 3.77. The van der Waals surface area contributed by atoms with Gasteiger partial charge in [0, 0.05) is 5.69 Å². The molecule has 0 saturated carbocycles. The lowest BCUT2D eigenvalue weighted by Crippen LogP contribution is -2.33.